The van der Waals surface area contributed by atoms with Crippen molar-refractivity contribution in [3.63, 3.8) is 0 Å². The van der Waals surface area contributed by atoms with Crippen LogP contribution in [-0.4, -0.2) is 43.3 Å². The Labute approximate surface area is 164 Å². The van der Waals surface area contributed by atoms with Crippen LogP contribution in [0.3, 0.4) is 0 Å². The van der Waals surface area contributed by atoms with Gasteiger partial charge in [0, 0.05) is 11.4 Å². The Bertz CT molecular complexity index is 765. The van der Waals surface area contributed by atoms with Gasteiger partial charge >= 0.3 is 0 Å². The van der Waals surface area contributed by atoms with Crippen LogP contribution in [0.5, 0.6) is 5.75 Å². The third-order valence-electron chi connectivity index (χ3n) is 4.75. The van der Waals surface area contributed by atoms with E-state index in [2.05, 4.69) is 16.3 Å². The second-order valence-electron chi connectivity index (χ2n) is 6.56. The fourth-order valence-corrected chi connectivity index (χ4v) is 4.10. The molecular weight excluding hydrogens is 363 g/mol. The number of methoxy groups -OCH3 is 1. The normalized spacial score (nSPS) is 15.5. The maximum Gasteiger partial charge on any atom is 0.230 e. The second kappa shape index (κ2) is 9.76. The number of halogens is 1. The molecule has 1 fully saturated rings. The summed E-state index contributed by atoms with van der Waals surface area (Å²) in [5.41, 5.74) is 1.14. The zero-order chi connectivity index (χ0) is 19.1. The summed E-state index contributed by atoms with van der Waals surface area (Å²) < 4.78 is 19.0. The van der Waals surface area contributed by atoms with Gasteiger partial charge in [0.05, 0.1) is 18.9 Å². The lowest BCUT2D eigenvalue weighted by Crippen LogP contribution is -2.37. The summed E-state index contributed by atoms with van der Waals surface area (Å²) in [7, 11) is 1.66. The van der Waals surface area contributed by atoms with Crippen molar-refractivity contribution in [3.05, 3.63) is 59.9 Å². The molecule has 0 radical (unpaired) electrons. The Balaban J connectivity index is 1.60. The molecule has 144 valence electrons. The van der Waals surface area contributed by atoms with Crippen LogP contribution in [0.1, 0.15) is 24.4 Å². The zero-order valence-corrected chi connectivity index (χ0v) is 16.3. The van der Waals surface area contributed by atoms with Gasteiger partial charge in [-0.25, -0.2) is 4.39 Å². The molecule has 4 nitrogen and oxygen atoms in total. The molecule has 1 aliphatic rings. The first-order chi connectivity index (χ1) is 13.2. The van der Waals surface area contributed by atoms with Gasteiger partial charge in [0.15, 0.2) is 0 Å². The lowest BCUT2D eigenvalue weighted by atomic mass is 10.0. The van der Waals surface area contributed by atoms with Gasteiger partial charge < -0.3 is 10.1 Å². The SMILES string of the molecule is COc1cccc(C(CNC(=O)CSc2ccccc2F)N2CCCC2)c1. The number of carbonyl (C=O) groups is 1. The Morgan fingerprint density at radius 1 is 1.22 bits per heavy atom. The monoisotopic (exact) mass is 388 g/mol. The minimum absolute atomic E-state index is 0.0876. The van der Waals surface area contributed by atoms with Crippen LogP contribution in [0.15, 0.2) is 53.4 Å². The van der Waals surface area contributed by atoms with Crippen molar-refractivity contribution in [2.45, 2.75) is 23.8 Å². The molecule has 6 heteroatoms. The molecule has 1 heterocycles. The highest BCUT2D eigenvalue weighted by Crippen LogP contribution is 2.27. The topological polar surface area (TPSA) is 41.6 Å². The molecule has 0 spiro atoms. The van der Waals surface area contributed by atoms with Crippen molar-refractivity contribution in [2.24, 2.45) is 0 Å². The number of nitrogens with zero attached hydrogens (tertiary/aromatic N) is 1. The summed E-state index contributed by atoms with van der Waals surface area (Å²) in [4.78, 5) is 15.2. The third kappa shape index (κ3) is 5.47. The van der Waals surface area contributed by atoms with E-state index >= 15 is 0 Å². The fourth-order valence-electron chi connectivity index (χ4n) is 3.33. The van der Waals surface area contributed by atoms with Crippen molar-refractivity contribution in [3.8, 4) is 5.75 Å². The summed E-state index contributed by atoms with van der Waals surface area (Å²) >= 11 is 1.22. The van der Waals surface area contributed by atoms with E-state index in [9.17, 15) is 9.18 Å². The lowest BCUT2D eigenvalue weighted by molar-refractivity contribution is -0.118. The maximum absolute atomic E-state index is 13.7. The first-order valence-corrected chi connectivity index (χ1v) is 10.2. The lowest BCUT2D eigenvalue weighted by Gasteiger charge is -2.28. The molecule has 0 saturated carbocycles. The van der Waals surface area contributed by atoms with Gasteiger partial charge in [-0.3, -0.25) is 9.69 Å². The quantitative estimate of drug-likeness (QED) is 0.697. The Morgan fingerprint density at radius 3 is 2.74 bits per heavy atom. The number of rotatable bonds is 8. The van der Waals surface area contributed by atoms with Crippen LogP contribution in [0.4, 0.5) is 4.39 Å². The molecule has 2 aromatic rings. The molecular formula is C21H25FN2O2S. The summed E-state index contributed by atoms with van der Waals surface area (Å²) in [6, 6.07) is 14.6. The van der Waals surface area contributed by atoms with E-state index in [4.69, 9.17) is 4.74 Å². The van der Waals surface area contributed by atoms with Crippen LogP contribution in [0.25, 0.3) is 0 Å². The summed E-state index contributed by atoms with van der Waals surface area (Å²) in [6.07, 6.45) is 2.36. The molecule has 1 unspecified atom stereocenters. The maximum atomic E-state index is 13.7. The molecule has 1 amide bonds. The van der Waals surface area contributed by atoms with Crippen molar-refractivity contribution in [2.75, 3.05) is 32.5 Å². The van der Waals surface area contributed by atoms with E-state index < -0.39 is 0 Å². The molecule has 0 bridgehead atoms. The number of carbonyl (C=O) groups excluding carboxylic acids is 1. The molecule has 1 atom stereocenters. The predicted octanol–water partition coefficient (Wildman–Crippen LogP) is 3.88. The standard InChI is InChI=1S/C21H25FN2O2S/c1-26-17-8-6-7-16(13-17)19(24-11-4-5-12-24)14-23-21(25)15-27-20-10-3-2-9-18(20)22/h2-3,6-10,13,19H,4-5,11-12,14-15H2,1H3,(H,23,25). The van der Waals surface area contributed by atoms with E-state index in [1.165, 1.54) is 30.7 Å². The van der Waals surface area contributed by atoms with Crippen LogP contribution in [0, 0.1) is 5.82 Å². The molecule has 1 saturated heterocycles. The largest absolute Gasteiger partial charge is 0.497 e. The van der Waals surface area contributed by atoms with Gasteiger partial charge in [0.1, 0.15) is 11.6 Å². The fraction of sp³-hybridized carbons (Fsp3) is 0.381. The van der Waals surface area contributed by atoms with Crippen LogP contribution in [0.2, 0.25) is 0 Å². The summed E-state index contributed by atoms with van der Waals surface area (Å²) in [5, 5.41) is 3.02. The number of ether oxygens (including phenoxy) is 1. The molecule has 0 aromatic heterocycles. The van der Waals surface area contributed by atoms with Gasteiger partial charge in [-0.15, -0.1) is 11.8 Å². The van der Waals surface area contributed by atoms with E-state index in [-0.39, 0.29) is 23.5 Å². The summed E-state index contributed by atoms with van der Waals surface area (Å²) in [5.74, 6) is 0.640. The molecule has 1 N–H and O–H groups in total. The Morgan fingerprint density at radius 2 is 2.00 bits per heavy atom. The minimum Gasteiger partial charge on any atom is -0.497 e. The van der Waals surface area contributed by atoms with Crippen molar-refractivity contribution in [1.82, 2.24) is 10.2 Å². The van der Waals surface area contributed by atoms with Crippen molar-refractivity contribution >= 4 is 17.7 Å². The van der Waals surface area contributed by atoms with Gasteiger partial charge in [-0.1, -0.05) is 24.3 Å². The van der Waals surface area contributed by atoms with Gasteiger partial charge in [0.2, 0.25) is 5.91 Å². The average Bonchev–Trinajstić information content (AvgIpc) is 3.22. The molecule has 2 aromatic carbocycles. The number of benzene rings is 2. The minimum atomic E-state index is -0.290. The Kier molecular flexibility index (Phi) is 7.12. The van der Waals surface area contributed by atoms with Crippen LogP contribution in [-0.2, 0) is 4.79 Å². The predicted molar refractivity (Wildman–Crippen MR) is 107 cm³/mol. The summed E-state index contributed by atoms with van der Waals surface area (Å²) in [6.45, 7) is 2.59. The molecule has 27 heavy (non-hydrogen) atoms. The third-order valence-corrected chi connectivity index (χ3v) is 5.80. The van der Waals surface area contributed by atoms with E-state index in [1.54, 1.807) is 25.3 Å². The number of thioether (sulfide) groups is 1. The Hall–Kier alpha value is -2.05. The van der Waals surface area contributed by atoms with Crippen molar-refractivity contribution < 1.29 is 13.9 Å². The second-order valence-corrected chi connectivity index (χ2v) is 7.58. The number of likely N-dealkylation sites (tertiary alicyclic amines) is 1. The number of hydrogen-bond donors (Lipinski definition) is 1. The van der Waals surface area contributed by atoms with E-state index in [0.29, 0.717) is 11.4 Å². The highest BCUT2D eigenvalue weighted by Gasteiger charge is 2.24. The number of nitrogens with one attached hydrogen (secondary N) is 1. The van der Waals surface area contributed by atoms with Crippen LogP contribution >= 0.6 is 11.8 Å². The first-order valence-electron chi connectivity index (χ1n) is 9.19. The molecule has 1 aliphatic heterocycles. The highest BCUT2D eigenvalue weighted by molar-refractivity contribution is 8.00. The van der Waals surface area contributed by atoms with Crippen molar-refractivity contribution in [1.29, 1.82) is 0 Å². The molecule has 0 aliphatic carbocycles. The van der Waals surface area contributed by atoms with E-state index in [1.807, 2.05) is 18.2 Å². The van der Waals surface area contributed by atoms with Gasteiger partial charge in [-0.05, 0) is 55.8 Å². The highest BCUT2D eigenvalue weighted by atomic mass is 32.2. The van der Waals surface area contributed by atoms with Crippen LogP contribution < -0.4 is 10.1 Å². The first kappa shape index (κ1) is 19.7. The average molecular weight is 389 g/mol. The van der Waals surface area contributed by atoms with E-state index in [0.717, 1.165) is 24.4 Å². The number of amides is 1. The zero-order valence-electron chi connectivity index (χ0n) is 15.5. The van der Waals surface area contributed by atoms with Gasteiger partial charge in [0.25, 0.3) is 0 Å². The molecule has 3 rings (SSSR count). The van der Waals surface area contributed by atoms with Gasteiger partial charge in [-0.2, -0.15) is 0 Å². The smallest absolute Gasteiger partial charge is 0.230 e. The number of hydrogen-bond acceptors (Lipinski definition) is 4.